The highest BCUT2D eigenvalue weighted by Gasteiger charge is 2.18. The van der Waals surface area contributed by atoms with Gasteiger partial charge in [-0.2, -0.15) is 0 Å². The van der Waals surface area contributed by atoms with Gasteiger partial charge in [0.05, 0.1) is 11.3 Å². The van der Waals surface area contributed by atoms with Crippen LogP contribution in [0.15, 0.2) is 36.4 Å². The van der Waals surface area contributed by atoms with Crippen LogP contribution < -0.4 is 4.72 Å². The summed E-state index contributed by atoms with van der Waals surface area (Å²) in [5, 5.41) is 8.76. The molecule has 2 rings (SSSR count). The molecular formula is C13H15NO4S. The van der Waals surface area contributed by atoms with Crippen LogP contribution in [0.1, 0.15) is 28.8 Å². The summed E-state index contributed by atoms with van der Waals surface area (Å²) in [5.74, 6) is -1.17. The van der Waals surface area contributed by atoms with Gasteiger partial charge in [0.25, 0.3) is 0 Å². The first-order chi connectivity index (χ1) is 8.96. The Hall–Kier alpha value is -1.66. The number of rotatable bonds is 5. The van der Waals surface area contributed by atoms with E-state index in [1.165, 1.54) is 24.3 Å². The van der Waals surface area contributed by atoms with Crippen molar-refractivity contribution < 1.29 is 18.3 Å². The van der Waals surface area contributed by atoms with E-state index < -0.39 is 16.0 Å². The molecule has 1 aromatic carbocycles. The Morgan fingerprint density at radius 1 is 1.32 bits per heavy atom. The number of hydrogen-bond donors (Lipinski definition) is 2. The Labute approximate surface area is 112 Å². The zero-order chi connectivity index (χ0) is 13.9. The number of carboxylic acids is 1. The number of sulfonamides is 1. The second-order valence-corrected chi connectivity index (χ2v) is 6.24. The van der Waals surface area contributed by atoms with E-state index >= 15 is 0 Å². The lowest BCUT2D eigenvalue weighted by Gasteiger charge is -2.11. The second kappa shape index (κ2) is 5.54. The van der Waals surface area contributed by atoms with Gasteiger partial charge in [0.2, 0.25) is 10.0 Å². The summed E-state index contributed by atoms with van der Waals surface area (Å²) < 4.78 is 26.4. The highest BCUT2D eigenvalue weighted by atomic mass is 32.2. The maximum atomic E-state index is 11.9. The molecule has 0 amide bonds. The van der Waals surface area contributed by atoms with Crippen molar-refractivity contribution >= 4 is 16.0 Å². The topological polar surface area (TPSA) is 83.5 Å². The molecule has 0 aliphatic heterocycles. The van der Waals surface area contributed by atoms with Crippen LogP contribution in [0.4, 0.5) is 0 Å². The Morgan fingerprint density at radius 2 is 2.00 bits per heavy atom. The molecular weight excluding hydrogens is 266 g/mol. The summed E-state index contributed by atoms with van der Waals surface area (Å²) in [6, 6.07) is 5.73. The average molecular weight is 281 g/mol. The summed E-state index contributed by atoms with van der Waals surface area (Å²) in [6.45, 7) is 0. The van der Waals surface area contributed by atoms with Crippen molar-refractivity contribution in [2.24, 2.45) is 0 Å². The molecule has 1 unspecified atom stereocenters. The number of nitrogens with one attached hydrogen (secondary N) is 1. The first-order valence-electron chi connectivity index (χ1n) is 5.95. The molecule has 0 heterocycles. The van der Waals surface area contributed by atoms with Crippen LogP contribution in [0.5, 0.6) is 0 Å². The van der Waals surface area contributed by atoms with Gasteiger partial charge in [-0.25, -0.2) is 17.9 Å². The summed E-state index contributed by atoms with van der Waals surface area (Å²) in [6.07, 6.45) is 5.48. The van der Waals surface area contributed by atoms with Gasteiger partial charge in [0.15, 0.2) is 0 Å². The van der Waals surface area contributed by atoms with Crippen LogP contribution in [0.25, 0.3) is 0 Å². The van der Waals surface area contributed by atoms with E-state index in [9.17, 15) is 13.2 Å². The molecule has 0 bridgehead atoms. The summed E-state index contributed by atoms with van der Waals surface area (Å²) in [4.78, 5) is 10.7. The number of hydrogen-bond acceptors (Lipinski definition) is 3. The minimum atomic E-state index is -3.40. The van der Waals surface area contributed by atoms with Gasteiger partial charge in [0.1, 0.15) is 0 Å². The van der Waals surface area contributed by atoms with Crippen molar-refractivity contribution in [2.75, 3.05) is 0 Å². The van der Waals surface area contributed by atoms with E-state index in [0.29, 0.717) is 5.56 Å². The Balaban J connectivity index is 2.02. The second-order valence-electron chi connectivity index (χ2n) is 4.49. The molecule has 0 saturated heterocycles. The molecule has 0 aromatic heterocycles. The van der Waals surface area contributed by atoms with E-state index in [-0.39, 0.29) is 17.4 Å². The smallest absolute Gasteiger partial charge is 0.335 e. The van der Waals surface area contributed by atoms with Gasteiger partial charge in [-0.05, 0) is 30.5 Å². The van der Waals surface area contributed by atoms with Gasteiger partial charge >= 0.3 is 5.97 Å². The minimum absolute atomic E-state index is 0.122. The summed E-state index contributed by atoms with van der Waals surface area (Å²) in [5.41, 5.74) is 0.715. The molecule has 5 nitrogen and oxygen atoms in total. The van der Waals surface area contributed by atoms with Crippen LogP contribution in [0.2, 0.25) is 0 Å². The van der Waals surface area contributed by atoms with Gasteiger partial charge < -0.3 is 5.11 Å². The van der Waals surface area contributed by atoms with E-state index in [1.807, 2.05) is 12.2 Å². The fourth-order valence-electron chi connectivity index (χ4n) is 1.97. The zero-order valence-corrected chi connectivity index (χ0v) is 11.1. The molecule has 1 aliphatic rings. The molecule has 0 fully saturated rings. The largest absolute Gasteiger partial charge is 0.478 e. The highest BCUT2D eigenvalue weighted by Crippen LogP contribution is 2.13. The Bertz CT molecular complexity index is 590. The number of carboxylic acid groups (broad SMARTS) is 1. The van der Waals surface area contributed by atoms with Gasteiger partial charge in [-0.1, -0.05) is 24.3 Å². The molecule has 0 saturated carbocycles. The fraction of sp³-hybridized carbons (Fsp3) is 0.308. The molecule has 6 heteroatoms. The predicted octanol–water partition coefficient (Wildman–Crippen LogP) is 1.52. The maximum absolute atomic E-state index is 11.9. The lowest BCUT2D eigenvalue weighted by molar-refractivity contribution is 0.0697. The van der Waals surface area contributed by atoms with Crippen molar-refractivity contribution in [3.05, 3.63) is 47.5 Å². The zero-order valence-electron chi connectivity index (χ0n) is 10.2. The molecule has 1 aliphatic carbocycles. The van der Waals surface area contributed by atoms with Gasteiger partial charge in [0, 0.05) is 6.04 Å². The van der Waals surface area contributed by atoms with Crippen LogP contribution in [0, 0.1) is 0 Å². The minimum Gasteiger partial charge on any atom is -0.478 e. The third kappa shape index (κ3) is 3.90. The number of benzene rings is 1. The average Bonchev–Trinajstić information content (AvgIpc) is 2.81. The SMILES string of the molecule is O=C(O)c1ccc(CS(=O)(=O)NC2C=CCC2)cc1. The van der Waals surface area contributed by atoms with E-state index in [1.54, 1.807) is 0 Å². The molecule has 2 N–H and O–H groups in total. The van der Waals surface area contributed by atoms with E-state index in [2.05, 4.69) is 4.72 Å². The van der Waals surface area contributed by atoms with Crippen LogP contribution in [-0.2, 0) is 15.8 Å². The fourth-order valence-corrected chi connectivity index (χ4v) is 3.34. The van der Waals surface area contributed by atoms with Crippen molar-refractivity contribution in [2.45, 2.75) is 24.6 Å². The first-order valence-corrected chi connectivity index (χ1v) is 7.60. The lowest BCUT2D eigenvalue weighted by atomic mass is 10.1. The van der Waals surface area contributed by atoms with Crippen LogP contribution in [0.3, 0.4) is 0 Å². The van der Waals surface area contributed by atoms with Gasteiger partial charge in [-0.3, -0.25) is 0 Å². The lowest BCUT2D eigenvalue weighted by Crippen LogP contribution is -2.33. The van der Waals surface area contributed by atoms with Crippen molar-refractivity contribution in [3.63, 3.8) is 0 Å². The maximum Gasteiger partial charge on any atom is 0.335 e. The van der Waals surface area contributed by atoms with Gasteiger partial charge in [-0.15, -0.1) is 0 Å². The summed E-state index contributed by atoms with van der Waals surface area (Å²) in [7, 11) is -3.40. The molecule has 1 aromatic rings. The van der Waals surface area contributed by atoms with Crippen molar-refractivity contribution in [1.82, 2.24) is 4.72 Å². The third-order valence-corrected chi connectivity index (χ3v) is 4.28. The van der Waals surface area contributed by atoms with E-state index in [4.69, 9.17) is 5.11 Å². The number of carbonyl (C=O) groups is 1. The molecule has 0 radical (unpaired) electrons. The molecule has 19 heavy (non-hydrogen) atoms. The quantitative estimate of drug-likeness (QED) is 0.802. The first kappa shape index (κ1) is 13.8. The highest BCUT2D eigenvalue weighted by molar-refractivity contribution is 7.88. The Kier molecular flexibility index (Phi) is 4.01. The van der Waals surface area contributed by atoms with Crippen molar-refractivity contribution in [3.8, 4) is 0 Å². The standard InChI is InChI=1S/C13H15NO4S/c15-13(16)11-7-5-10(6-8-11)9-19(17,18)14-12-3-1-2-4-12/h1,3,5-8,12,14H,2,4,9H2,(H,15,16). The van der Waals surface area contributed by atoms with Crippen LogP contribution in [-0.4, -0.2) is 25.5 Å². The number of aromatic carboxylic acids is 1. The Morgan fingerprint density at radius 3 is 2.53 bits per heavy atom. The predicted molar refractivity (Wildman–Crippen MR) is 71.3 cm³/mol. The molecule has 102 valence electrons. The van der Waals surface area contributed by atoms with E-state index in [0.717, 1.165) is 12.8 Å². The normalized spacial score (nSPS) is 18.6. The van der Waals surface area contributed by atoms with Crippen LogP contribution >= 0.6 is 0 Å². The van der Waals surface area contributed by atoms with Crippen molar-refractivity contribution in [1.29, 1.82) is 0 Å². The third-order valence-electron chi connectivity index (χ3n) is 2.90. The monoisotopic (exact) mass is 281 g/mol. The summed E-state index contributed by atoms with van der Waals surface area (Å²) >= 11 is 0. The molecule has 0 spiro atoms. The molecule has 1 atom stereocenters. The number of allylic oxidation sites excluding steroid dienone is 1.